The molecule has 32 heavy (non-hydrogen) atoms. The lowest BCUT2D eigenvalue weighted by Crippen LogP contribution is -2.30. The number of hydrogen-bond acceptors (Lipinski definition) is 3. The minimum absolute atomic E-state index is 0.217. The number of aryl methyl sites for hydroxylation is 1. The molecule has 3 aromatic rings. The predicted octanol–water partition coefficient (Wildman–Crippen LogP) is 5.34. The summed E-state index contributed by atoms with van der Waals surface area (Å²) in [6.45, 7) is 2.48. The number of hydrogen-bond donors (Lipinski definition) is 2. The summed E-state index contributed by atoms with van der Waals surface area (Å²) in [5, 5.41) is 3.69. The van der Waals surface area contributed by atoms with Crippen LogP contribution in [0.25, 0.3) is 0 Å². The van der Waals surface area contributed by atoms with Crippen LogP contribution in [0.5, 0.6) is 0 Å². The summed E-state index contributed by atoms with van der Waals surface area (Å²) in [5.74, 6) is 0.603. The summed E-state index contributed by atoms with van der Waals surface area (Å²) >= 11 is 0. The van der Waals surface area contributed by atoms with Gasteiger partial charge < -0.3 is 5.32 Å². The van der Waals surface area contributed by atoms with Gasteiger partial charge in [0.15, 0.2) is 0 Å². The number of nitrogens with one attached hydrogen (secondary N) is 2. The molecule has 0 fully saturated rings. The number of anilines is 1. The van der Waals surface area contributed by atoms with Crippen molar-refractivity contribution in [1.82, 2.24) is 4.72 Å². The SMILES string of the molecule is Cc1ccc(C2Nc3ccc(S(=O)(=O)NCCc4ccccc4)cc3C3C=CCC32)cc1. The number of benzene rings is 3. The molecule has 3 aromatic carbocycles. The smallest absolute Gasteiger partial charge is 0.240 e. The molecule has 3 atom stereocenters. The van der Waals surface area contributed by atoms with Gasteiger partial charge in [-0.1, -0.05) is 72.3 Å². The average Bonchev–Trinajstić information content (AvgIpc) is 3.30. The monoisotopic (exact) mass is 444 g/mol. The molecule has 0 amide bonds. The molecule has 5 rings (SSSR count). The first-order valence-electron chi connectivity index (χ1n) is 11.2. The van der Waals surface area contributed by atoms with E-state index in [0.717, 1.165) is 23.2 Å². The fraction of sp³-hybridized carbons (Fsp3) is 0.259. The number of allylic oxidation sites excluding steroid dienone is 2. The van der Waals surface area contributed by atoms with Gasteiger partial charge in [-0.2, -0.15) is 0 Å². The number of rotatable bonds is 6. The van der Waals surface area contributed by atoms with Crippen molar-refractivity contribution in [3.05, 3.63) is 107 Å². The van der Waals surface area contributed by atoms with Crippen LogP contribution in [0.2, 0.25) is 0 Å². The van der Waals surface area contributed by atoms with Crippen LogP contribution < -0.4 is 10.0 Å². The van der Waals surface area contributed by atoms with Gasteiger partial charge >= 0.3 is 0 Å². The van der Waals surface area contributed by atoms with Crippen molar-refractivity contribution < 1.29 is 8.42 Å². The van der Waals surface area contributed by atoms with E-state index >= 15 is 0 Å². The number of sulfonamides is 1. The van der Waals surface area contributed by atoms with Crippen molar-refractivity contribution in [3.63, 3.8) is 0 Å². The molecule has 3 unspecified atom stereocenters. The zero-order valence-electron chi connectivity index (χ0n) is 18.2. The van der Waals surface area contributed by atoms with Crippen LogP contribution in [0.15, 0.2) is 89.8 Å². The van der Waals surface area contributed by atoms with E-state index in [1.165, 1.54) is 11.1 Å². The maximum absolute atomic E-state index is 13.0. The van der Waals surface area contributed by atoms with Gasteiger partial charge in [0.05, 0.1) is 10.9 Å². The Kier molecular flexibility index (Phi) is 5.62. The second-order valence-electron chi connectivity index (χ2n) is 8.77. The second-order valence-corrected chi connectivity index (χ2v) is 10.5. The van der Waals surface area contributed by atoms with Gasteiger partial charge in [-0.05, 0) is 60.6 Å². The summed E-state index contributed by atoms with van der Waals surface area (Å²) < 4.78 is 28.7. The van der Waals surface area contributed by atoms with Gasteiger partial charge in [0.1, 0.15) is 0 Å². The molecule has 4 nitrogen and oxygen atoms in total. The van der Waals surface area contributed by atoms with E-state index in [-0.39, 0.29) is 12.0 Å². The minimum atomic E-state index is -3.56. The lowest BCUT2D eigenvalue weighted by Gasteiger charge is -2.37. The minimum Gasteiger partial charge on any atom is -0.378 e. The van der Waals surface area contributed by atoms with Crippen molar-refractivity contribution in [2.45, 2.75) is 36.6 Å². The zero-order valence-corrected chi connectivity index (χ0v) is 19.0. The lowest BCUT2D eigenvalue weighted by molar-refractivity contribution is 0.425. The molecular formula is C27H28N2O2S. The highest BCUT2D eigenvalue weighted by Crippen LogP contribution is 2.50. The summed E-state index contributed by atoms with van der Waals surface area (Å²) in [4.78, 5) is 0.332. The summed E-state index contributed by atoms with van der Waals surface area (Å²) in [5.41, 5.74) is 5.73. The zero-order chi connectivity index (χ0) is 22.1. The molecule has 2 N–H and O–H groups in total. The first kappa shape index (κ1) is 21.0. The maximum atomic E-state index is 13.0. The topological polar surface area (TPSA) is 58.2 Å². The lowest BCUT2D eigenvalue weighted by atomic mass is 9.77. The van der Waals surface area contributed by atoms with Crippen LogP contribution in [-0.2, 0) is 16.4 Å². The maximum Gasteiger partial charge on any atom is 0.240 e. The Morgan fingerprint density at radius 2 is 1.78 bits per heavy atom. The van der Waals surface area contributed by atoms with Gasteiger partial charge in [-0.25, -0.2) is 13.1 Å². The molecule has 1 heterocycles. The first-order valence-corrected chi connectivity index (χ1v) is 12.7. The van der Waals surface area contributed by atoms with E-state index < -0.39 is 10.0 Å². The highest BCUT2D eigenvalue weighted by molar-refractivity contribution is 7.89. The largest absolute Gasteiger partial charge is 0.378 e. The molecular weight excluding hydrogens is 416 g/mol. The van der Waals surface area contributed by atoms with Crippen LogP contribution in [0.3, 0.4) is 0 Å². The van der Waals surface area contributed by atoms with Crippen LogP contribution >= 0.6 is 0 Å². The summed E-state index contributed by atoms with van der Waals surface area (Å²) in [7, 11) is -3.56. The molecule has 1 aliphatic carbocycles. The molecule has 0 bridgehead atoms. The van der Waals surface area contributed by atoms with E-state index in [4.69, 9.17) is 0 Å². The second kappa shape index (κ2) is 8.57. The Bertz CT molecular complexity index is 1230. The van der Waals surface area contributed by atoms with E-state index in [9.17, 15) is 8.42 Å². The van der Waals surface area contributed by atoms with E-state index in [1.54, 1.807) is 6.07 Å². The number of fused-ring (bicyclic) bond motifs is 3. The molecule has 5 heteroatoms. The molecule has 2 aliphatic rings. The van der Waals surface area contributed by atoms with Gasteiger partial charge in [-0.15, -0.1) is 0 Å². The van der Waals surface area contributed by atoms with Gasteiger partial charge in [0.2, 0.25) is 10.0 Å². The van der Waals surface area contributed by atoms with Crippen molar-refractivity contribution >= 4 is 15.7 Å². The normalized spacial score (nSPS) is 21.6. The Hall–Kier alpha value is -2.89. The van der Waals surface area contributed by atoms with Crippen LogP contribution in [0.1, 0.15) is 40.6 Å². The van der Waals surface area contributed by atoms with Gasteiger partial charge in [-0.3, -0.25) is 0 Å². The molecule has 164 valence electrons. The molecule has 0 saturated carbocycles. The van der Waals surface area contributed by atoms with E-state index in [0.29, 0.717) is 23.8 Å². The third-order valence-electron chi connectivity index (χ3n) is 6.63. The van der Waals surface area contributed by atoms with Gasteiger partial charge in [0.25, 0.3) is 0 Å². The molecule has 0 saturated heterocycles. The first-order chi connectivity index (χ1) is 15.5. The van der Waals surface area contributed by atoms with Crippen LogP contribution in [0.4, 0.5) is 5.69 Å². The molecule has 0 spiro atoms. The fourth-order valence-corrected chi connectivity index (χ4v) is 5.97. The predicted molar refractivity (Wildman–Crippen MR) is 129 cm³/mol. The van der Waals surface area contributed by atoms with Crippen LogP contribution in [-0.4, -0.2) is 15.0 Å². The summed E-state index contributed by atoms with van der Waals surface area (Å²) in [6, 6.07) is 24.3. The van der Waals surface area contributed by atoms with Crippen LogP contribution in [0, 0.1) is 12.8 Å². The molecule has 1 aliphatic heterocycles. The average molecular weight is 445 g/mol. The quantitative estimate of drug-likeness (QED) is 0.505. The standard InChI is InChI=1S/C27H28N2O2S/c1-19-10-12-21(13-11-19)27-24-9-5-8-23(24)25-18-22(14-15-26(25)29-27)32(30,31)28-17-16-20-6-3-2-4-7-20/h2-8,10-15,18,23-24,27-29H,9,16-17H2,1H3. The van der Waals surface area contributed by atoms with Crippen molar-refractivity contribution in [2.24, 2.45) is 5.92 Å². The van der Waals surface area contributed by atoms with E-state index in [2.05, 4.69) is 53.4 Å². The molecule has 0 radical (unpaired) electrons. The molecule has 0 aromatic heterocycles. The Morgan fingerprint density at radius 1 is 1.00 bits per heavy atom. The highest BCUT2D eigenvalue weighted by atomic mass is 32.2. The third-order valence-corrected chi connectivity index (χ3v) is 8.09. The van der Waals surface area contributed by atoms with Crippen molar-refractivity contribution in [3.8, 4) is 0 Å². The summed E-state index contributed by atoms with van der Waals surface area (Å²) in [6.07, 6.45) is 6.12. The Labute approximate surface area is 190 Å². The fourth-order valence-electron chi connectivity index (χ4n) is 4.90. The third kappa shape index (κ3) is 4.10. The van der Waals surface area contributed by atoms with Gasteiger partial charge in [0, 0.05) is 18.2 Å². The highest BCUT2D eigenvalue weighted by Gasteiger charge is 2.38. The Balaban J connectivity index is 1.38. The van der Waals surface area contributed by atoms with Crippen molar-refractivity contribution in [1.29, 1.82) is 0 Å². The Morgan fingerprint density at radius 3 is 2.56 bits per heavy atom. The van der Waals surface area contributed by atoms with Crippen molar-refractivity contribution in [2.75, 3.05) is 11.9 Å². The van der Waals surface area contributed by atoms with E-state index in [1.807, 2.05) is 42.5 Å².